The lowest BCUT2D eigenvalue weighted by Crippen LogP contribution is -2.24. The number of carbonyl (C=O) groups is 1. The number of fused-ring (bicyclic) bond motifs is 1. The average molecular weight is 334 g/mol. The summed E-state index contributed by atoms with van der Waals surface area (Å²) in [4.78, 5) is 10.6. The minimum atomic E-state index is -3.75. The van der Waals surface area contributed by atoms with E-state index in [0.717, 1.165) is 0 Å². The van der Waals surface area contributed by atoms with Gasteiger partial charge in [-0.2, -0.15) is 0 Å². The molecule has 120 valence electrons. The molecule has 8 heteroatoms. The molecule has 1 N–H and O–H groups in total. The molecule has 0 aromatic heterocycles. The van der Waals surface area contributed by atoms with Gasteiger partial charge >= 0.3 is 0 Å². The summed E-state index contributed by atoms with van der Waals surface area (Å²) in [5.41, 5.74) is 0.629. The van der Waals surface area contributed by atoms with Gasteiger partial charge in [0.1, 0.15) is 0 Å². The topological polar surface area (TPSA) is 105 Å². The van der Waals surface area contributed by atoms with Crippen molar-refractivity contribution in [2.24, 2.45) is 0 Å². The summed E-state index contributed by atoms with van der Waals surface area (Å²) in [5, 5.41) is 10.7. The summed E-state index contributed by atoms with van der Waals surface area (Å²) >= 11 is 0. The molecule has 23 heavy (non-hydrogen) atoms. The molecule has 1 aliphatic rings. The monoisotopic (exact) mass is 334 g/mol. The van der Waals surface area contributed by atoms with Crippen molar-refractivity contribution < 1.29 is 27.8 Å². The molecule has 0 aliphatic carbocycles. The normalized spacial score (nSPS) is 13.0. The van der Waals surface area contributed by atoms with Crippen LogP contribution in [-0.2, 0) is 16.6 Å². The van der Waals surface area contributed by atoms with Crippen LogP contribution in [-0.4, -0.2) is 21.2 Å². The van der Waals surface area contributed by atoms with E-state index in [-0.39, 0.29) is 23.8 Å². The number of benzene rings is 2. The van der Waals surface area contributed by atoms with Crippen molar-refractivity contribution >= 4 is 16.0 Å². The smallest absolute Gasteiger partial charge is 0.240 e. The Balaban J connectivity index is 1.72. The van der Waals surface area contributed by atoms with Gasteiger partial charge in [0.05, 0.1) is 10.9 Å². The summed E-state index contributed by atoms with van der Waals surface area (Å²) in [6.45, 7) is 0.219. The molecule has 2 aromatic rings. The highest BCUT2D eigenvalue weighted by atomic mass is 32.2. The van der Waals surface area contributed by atoms with Gasteiger partial charge in [0.2, 0.25) is 16.8 Å². The summed E-state index contributed by atoms with van der Waals surface area (Å²) in [6, 6.07) is 9.94. The zero-order chi connectivity index (χ0) is 16.4. The van der Waals surface area contributed by atoms with Gasteiger partial charge in [-0.3, -0.25) is 0 Å². The summed E-state index contributed by atoms with van der Waals surface area (Å²) < 4.78 is 37.2. The van der Waals surface area contributed by atoms with E-state index in [0.29, 0.717) is 17.1 Å². The average Bonchev–Trinajstić information content (AvgIpc) is 3.01. The van der Waals surface area contributed by atoms with E-state index >= 15 is 0 Å². The van der Waals surface area contributed by atoms with Crippen LogP contribution in [0.4, 0.5) is 0 Å². The molecule has 0 radical (unpaired) electrons. The standard InChI is InChI=1S/C15H13NO6S/c17-15(18)11-2-4-12(5-3-11)23(19,20)16-8-10-1-6-13-14(7-10)22-9-21-13/h1-7,16H,8-9H2,(H,17,18)/p-1. The number of aromatic carboxylic acids is 1. The molecule has 1 aliphatic heterocycles. The molecule has 0 bridgehead atoms. The van der Waals surface area contributed by atoms with Crippen molar-refractivity contribution in [2.75, 3.05) is 6.79 Å². The zero-order valence-corrected chi connectivity index (χ0v) is 12.6. The van der Waals surface area contributed by atoms with Crippen LogP contribution in [0.3, 0.4) is 0 Å². The van der Waals surface area contributed by atoms with E-state index in [1.807, 2.05) is 0 Å². The lowest BCUT2D eigenvalue weighted by atomic mass is 10.2. The van der Waals surface area contributed by atoms with Gasteiger partial charge in [0.25, 0.3) is 0 Å². The van der Waals surface area contributed by atoms with Crippen LogP contribution in [0.5, 0.6) is 11.5 Å². The molecular formula is C15H12NO6S-. The first-order valence-electron chi connectivity index (χ1n) is 6.65. The van der Waals surface area contributed by atoms with Crippen LogP contribution in [0.2, 0.25) is 0 Å². The van der Waals surface area contributed by atoms with Crippen molar-refractivity contribution in [1.29, 1.82) is 0 Å². The molecule has 0 amide bonds. The van der Waals surface area contributed by atoms with E-state index in [4.69, 9.17) is 9.47 Å². The maximum Gasteiger partial charge on any atom is 0.240 e. The van der Waals surface area contributed by atoms with Crippen molar-refractivity contribution in [1.82, 2.24) is 4.72 Å². The molecule has 0 unspecified atom stereocenters. The molecule has 0 spiro atoms. The molecule has 0 atom stereocenters. The molecule has 1 heterocycles. The SMILES string of the molecule is O=C([O-])c1ccc(S(=O)(=O)NCc2ccc3c(c2)OCO3)cc1. The lowest BCUT2D eigenvalue weighted by molar-refractivity contribution is -0.255. The fourth-order valence-corrected chi connectivity index (χ4v) is 3.10. The number of carbonyl (C=O) groups excluding carboxylic acids is 1. The van der Waals surface area contributed by atoms with Crippen LogP contribution in [0.1, 0.15) is 15.9 Å². The van der Waals surface area contributed by atoms with E-state index in [2.05, 4.69) is 4.72 Å². The highest BCUT2D eigenvalue weighted by molar-refractivity contribution is 7.89. The quantitative estimate of drug-likeness (QED) is 0.841. The first-order chi connectivity index (χ1) is 11.0. The first-order valence-corrected chi connectivity index (χ1v) is 8.14. The van der Waals surface area contributed by atoms with Crippen molar-refractivity contribution in [3.63, 3.8) is 0 Å². The molecule has 7 nitrogen and oxygen atoms in total. The molecular weight excluding hydrogens is 322 g/mol. The third kappa shape index (κ3) is 3.27. The zero-order valence-electron chi connectivity index (χ0n) is 11.8. The summed E-state index contributed by atoms with van der Waals surface area (Å²) in [5.74, 6) is -0.170. The van der Waals surface area contributed by atoms with Gasteiger partial charge in [-0.05, 0) is 35.4 Å². The molecule has 3 rings (SSSR count). The number of ether oxygens (including phenoxy) is 2. The van der Waals surface area contributed by atoms with E-state index in [1.165, 1.54) is 24.3 Å². The van der Waals surface area contributed by atoms with Crippen molar-refractivity contribution in [3.05, 3.63) is 53.6 Å². The number of carboxylic acids is 1. The fraction of sp³-hybridized carbons (Fsp3) is 0.133. The van der Waals surface area contributed by atoms with Gasteiger partial charge in [0.15, 0.2) is 11.5 Å². The van der Waals surface area contributed by atoms with Crippen LogP contribution in [0, 0.1) is 0 Å². The van der Waals surface area contributed by atoms with Crippen LogP contribution in [0.15, 0.2) is 47.4 Å². The largest absolute Gasteiger partial charge is 0.545 e. The third-order valence-electron chi connectivity index (χ3n) is 3.30. The number of hydrogen-bond acceptors (Lipinski definition) is 6. The van der Waals surface area contributed by atoms with Gasteiger partial charge < -0.3 is 19.4 Å². The summed E-state index contributed by atoms with van der Waals surface area (Å²) in [7, 11) is -3.75. The predicted octanol–water partition coefficient (Wildman–Crippen LogP) is 0.257. The van der Waals surface area contributed by atoms with Crippen LogP contribution < -0.4 is 19.3 Å². The highest BCUT2D eigenvalue weighted by Gasteiger charge is 2.16. The van der Waals surface area contributed by atoms with E-state index in [1.54, 1.807) is 18.2 Å². The van der Waals surface area contributed by atoms with E-state index < -0.39 is 16.0 Å². The van der Waals surface area contributed by atoms with Crippen LogP contribution in [0.25, 0.3) is 0 Å². The number of sulfonamides is 1. The minimum absolute atomic E-state index is 0.0248. The number of nitrogens with one attached hydrogen (secondary N) is 1. The Hall–Kier alpha value is -2.58. The van der Waals surface area contributed by atoms with Gasteiger partial charge in [-0.15, -0.1) is 0 Å². The second kappa shape index (κ2) is 5.90. The maximum absolute atomic E-state index is 12.2. The lowest BCUT2D eigenvalue weighted by Gasteiger charge is -2.09. The molecule has 0 saturated carbocycles. The molecule has 0 fully saturated rings. The second-order valence-electron chi connectivity index (χ2n) is 4.82. The fourth-order valence-electron chi connectivity index (χ4n) is 2.08. The van der Waals surface area contributed by atoms with Gasteiger partial charge in [-0.25, -0.2) is 13.1 Å². The predicted molar refractivity (Wildman–Crippen MR) is 77.4 cm³/mol. The third-order valence-corrected chi connectivity index (χ3v) is 4.72. The number of carboxylic acid groups (broad SMARTS) is 1. The number of hydrogen-bond donors (Lipinski definition) is 1. The minimum Gasteiger partial charge on any atom is -0.545 e. The van der Waals surface area contributed by atoms with Crippen molar-refractivity contribution in [2.45, 2.75) is 11.4 Å². The Bertz CT molecular complexity index is 845. The Morgan fingerprint density at radius 2 is 1.78 bits per heavy atom. The van der Waals surface area contributed by atoms with Gasteiger partial charge in [-0.1, -0.05) is 18.2 Å². The molecule has 0 saturated heterocycles. The maximum atomic E-state index is 12.2. The van der Waals surface area contributed by atoms with Crippen molar-refractivity contribution in [3.8, 4) is 11.5 Å². The Morgan fingerprint density at radius 3 is 2.48 bits per heavy atom. The number of rotatable bonds is 5. The Morgan fingerprint density at radius 1 is 1.09 bits per heavy atom. The Kier molecular flexibility index (Phi) is 3.93. The van der Waals surface area contributed by atoms with Crippen LogP contribution >= 0.6 is 0 Å². The second-order valence-corrected chi connectivity index (χ2v) is 6.59. The highest BCUT2D eigenvalue weighted by Crippen LogP contribution is 2.32. The van der Waals surface area contributed by atoms with E-state index in [9.17, 15) is 18.3 Å². The Labute approximate surface area is 132 Å². The van der Waals surface area contributed by atoms with Gasteiger partial charge in [0, 0.05) is 6.54 Å². The summed E-state index contributed by atoms with van der Waals surface area (Å²) in [6.07, 6.45) is 0. The molecule has 2 aromatic carbocycles. The first kappa shape index (κ1) is 15.3.